The van der Waals surface area contributed by atoms with E-state index in [0.29, 0.717) is 12.3 Å². The number of amides is 1. The predicted octanol–water partition coefficient (Wildman–Crippen LogP) is 1.90. The fourth-order valence-corrected chi connectivity index (χ4v) is 3.50. The molecule has 0 radical (unpaired) electrons. The van der Waals surface area contributed by atoms with Gasteiger partial charge in [0.25, 0.3) is 0 Å². The van der Waals surface area contributed by atoms with E-state index in [1.807, 2.05) is 18.7 Å². The molecule has 0 saturated carbocycles. The van der Waals surface area contributed by atoms with Crippen LogP contribution in [0, 0.1) is 13.8 Å². The minimum absolute atomic E-state index is 0. The average molecular weight is 320 g/mol. The standard InChI is InChI=1S/C13H21N3O2S.ClH/c1-9-12(10(2)18-15-9)7-19-8-13(17)16-5-3-4-11(16)6-14;/h11H,3-8,14H2,1-2H3;1H. The number of carbonyl (C=O) groups excluding carboxylic acids is 1. The lowest BCUT2D eigenvalue weighted by molar-refractivity contribution is -0.128. The molecule has 1 aliphatic heterocycles. The number of halogens is 1. The molecule has 114 valence electrons. The molecule has 7 heteroatoms. The zero-order chi connectivity index (χ0) is 13.8. The number of aryl methyl sites for hydroxylation is 2. The van der Waals surface area contributed by atoms with E-state index in [4.69, 9.17) is 10.3 Å². The minimum Gasteiger partial charge on any atom is -0.361 e. The number of likely N-dealkylation sites (tertiary alicyclic amines) is 1. The quantitative estimate of drug-likeness (QED) is 0.897. The maximum Gasteiger partial charge on any atom is 0.232 e. The van der Waals surface area contributed by atoms with Crippen LogP contribution in [0.4, 0.5) is 0 Å². The van der Waals surface area contributed by atoms with Crippen molar-refractivity contribution < 1.29 is 9.32 Å². The Bertz CT molecular complexity index is 433. The third-order valence-electron chi connectivity index (χ3n) is 3.62. The molecule has 2 N–H and O–H groups in total. The van der Waals surface area contributed by atoms with E-state index in [-0.39, 0.29) is 24.4 Å². The first-order valence-corrected chi connectivity index (χ1v) is 7.78. The molecule has 2 rings (SSSR count). The minimum atomic E-state index is 0. The van der Waals surface area contributed by atoms with Gasteiger partial charge in [-0.2, -0.15) is 0 Å². The Balaban J connectivity index is 0.00000200. The number of nitrogens with two attached hydrogens (primary N) is 1. The molecule has 5 nitrogen and oxygen atoms in total. The summed E-state index contributed by atoms with van der Waals surface area (Å²) >= 11 is 1.61. The Morgan fingerprint density at radius 1 is 1.55 bits per heavy atom. The normalized spacial score (nSPS) is 18.1. The van der Waals surface area contributed by atoms with Crippen molar-refractivity contribution in [3.63, 3.8) is 0 Å². The van der Waals surface area contributed by atoms with Crippen LogP contribution in [0.3, 0.4) is 0 Å². The van der Waals surface area contributed by atoms with Crippen molar-refractivity contribution in [2.75, 3.05) is 18.8 Å². The Hall–Kier alpha value is -0.720. The van der Waals surface area contributed by atoms with E-state index in [2.05, 4.69) is 5.16 Å². The Kier molecular flexibility index (Phi) is 6.85. The van der Waals surface area contributed by atoms with Crippen molar-refractivity contribution >= 4 is 30.1 Å². The highest BCUT2D eigenvalue weighted by Crippen LogP contribution is 2.22. The molecule has 1 aromatic rings. The molecule has 1 aliphatic rings. The number of hydrogen-bond acceptors (Lipinski definition) is 5. The Morgan fingerprint density at radius 3 is 2.90 bits per heavy atom. The maximum atomic E-state index is 12.1. The first-order chi connectivity index (χ1) is 9.13. The van der Waals surface area contributed by atoms with Gasteiger partial charge in [-0.1, -0.05) is 5.16 Å². The molecule has 0 bridgehead atoms. The summed E-state index contributed by atoms with van der Waals surface area (Å²) in [6, 6.07) is 0.243. The van der Waals surface area contributed by atoms with E-state index in [1.54, 1.807) is 11.8 Å². The zero-order valence-electron chi connectivity index (χ0n) is 11.9. The summed E-state index contributed by atoms with van der Waals surface area (Å²) in [7, 11) is 0. The summed E-state index contributed by atoms with van der Waals surface area (Å²) in [6.07, 6.45) is 2.11. The monoisotopic (exact) mass is 319 g/mol. The van der Waals surface area contributed by atoms with Crippen LogP contribution in [0.2, 0.25) is 0 Å². The number of carbonyl (C=O) groups is 1. The van der Waals surface area contributed by atoms with Crippen LogP contribution in [0.15, 0.2) is 4.52 Å². The summed E-state index contributed by atoms with van der Waals surface area (Å²) in [5.74, 6) is 2.32. The number of hydrogen-bond donors (Lipinski definition) is 1. The van der Waals surface area contributed by atoms with Crippen molar-refractivity contribution in [1.29, 1.82) is 0 Å². The summed E-state index contributed by atoms with van der Waals surface area (Å²) in [5, 5.41) is 3.92. The van der Waals surface area contributed by atoms with Gasteiger partial charge in [0.1, 0.15) is 5.76 Å². The van der Waals surface area contributed by atoms with Crippen LogP contribution in [0.25, 0.3) is 0 Å². The molecule has 0 aliphatic carbocycles. The van der Waals surface area contributed by atoms with Crippen LogP contribution < -0.4 is 5.73 Å². The Labute approximate surface area is 130 Å². The second-order valence-corrected chi connectivity index (χ2v) is 5.90. The van der Waals surface area contributed by atoms with Crippen molar-refractivity contribution in [1.82, 2.24) is 10.1 Å². The van der Waals surface area contributed by atoms with Gasteiger partial charge in [-0.3, -0.25) is 4.79 Å². The fourth-order valence-electron chi connectivity index (χ4n) is 2.44. The highest BCUT2D eigenvalue weighted by molar-refractivity contribution is 7.99. The van der Waals surface area contributed by atoms with Crippen LogP contribution in [0.5, 0.6) is 0 Å². The molecule has 1 atom stereocenters. The lowest BCUT2D eigenvalue weighted by Crippen LogP contribution is -2.40. The smallest absolute Gasteiger partial charge is 0.232 e. The third kappa shape index (κ3) is 3.90. The molecule has 2 heterocycles. The van der Waals surface area contributed by atoms with Gasteiger partial charge < -0.3 is 15.2 Å². The van der Waals surface area contributed by atoms with Crippen LogP contribution >= 0.6 is 24.2 Å². The van der Waals surface area contributed by atoms with E-state index >= 15 is 0 Å². The van der Waals surface area contributed by atoms with E-state index < -0.39 is 0 Å². The van der Waals surface area contributed by atoms with Gasteiger partial charge in [0.05, 0.1) is 11.4 Å². The van der Waals surface area contributed by atoms with Gasteiger partial charge >= 0.3 is 0 Å². The Morgan fingerprint density at radius 2 is 2.30 bits per heavy atom. The number of nitrogens with zero attached hydrogens (tertiary/aromatic N) is 2. The second-order valence-electron chi connectivity index (χ2n) is 4.91. The second kappa shape index (κ2) is 7.90. The first-order valence-electron chi connectivity index (χ1n) is 6.62. The van der Waals surface area contributed by atoms with Crippen molar-refractivity contribution in [2.45, 2.75) is 38.5 Å². The lowest BCUT2D eigenvalue weighted by atomic mass is 10.2. The molecule has 1 amide bonds. The van der Waals surface area contributed by atoms with E-state index in [9.17, 15) is 4.79 Å². The number of aromatic nitrogens is 1. The topological polar surface area (TPSA) is 72.4 Å². The van der Waals surface area contributed by atoms with Crippen molar-refractivity contribution in [2.24, 2.45) is 5.73 Å². The largest absolute Gasteiger partial charge is 0.361 e. The lowest BCUT2D eigenvalue weighted by Gasteiger charge is -2.23. The molecular formula is C13H22ClN3O2S. The van der Waals surface area contributed by atoms with Gasteiger partial charge in [-0.25, -0.2) is 0 Å². The highest BCUT2D eigenvalue weighted by atomic mass is 35.5. The van der Waals surface area contributed by atoms with E-state index in [0.717, 1.165) is 42.2 Å². The molecule has 1 unspecified atom stereocenters. The first kappa shape index (κ1) is 17.3. The van der Waals surface area contributed by atoms with Gasteiger partial charge in [0.15, 0.2) is 0 Å². The summed E-state index contributed by atoms with van der Waals surface area (Å²) in [5.41, 5.74) is 7.71. The van der Waals surface area contributed by atoms with Crippen LogP contribution in [0.1, 0.15) is 29.9 Å². The van der Waals surface area contributed by atoms with Gasteiger partial charge in [0.2, 0.25) is 5.91 Å². The van der Waals surface area contributed by atoms with Crippen molar-refractivity contribution in [3.8, 4) is 0 Å². The molecule has 0 aromatic carbocycles. The summed E-state index contributed by atoms with van der Waals surface area (Å²) in [4.78, 5) is 14.1. The van der Waals surface area contributed by atoms with E-state index in [1.165, 1.54) is 0 Å². The zero-order valence-corrected chi connectivity index (χ0v) is 13.6. The molecule has 1 aromatic heterocycles. The molecule has 20 heavy (non-hydrogen) atoms. The fraction of sp³-hybridized carbons (Fsp3) is 0.692. The van der Waals surface area contributed by atoms with Gasteiger partial charge in [0, 0.05) is 30.4 Å². The van der Waals surface area contributed by atoms with Gasteiger partial charge in [-0.05, 0) is 26.7 Å². The SMILES string of the molecule is Cc1noc(C)c1CSCC(=O)N1CCCC1CN.Cl. The molecule has 1 fully saturated rings. The molecular weight excluding hydrogens is 298 g/mol. The van der Waals surface area contributed by atoms with Crippen molar-refractivity contribution in [3.05, 3.63) is 17.0 Å². The number of thioether (sulfide) groups is 1. The average Bonchev–Trinajstić information content (AvgIpc) is 2.99. The van der Waals surface area contributed by atoms with Crippen LogP contribution in [-0.4, -0.2) is 40.8 Å². The highest BCUT2D eigenvalue weighted by Gasteiger charge is 2.27. The summed E-state index contributed by atoms with van der Waals surface area (Å²) < 4.78 is 5.11. The van der Waals surface area contributed by atoms with Crippen LogP contribution in [-0.2, 0) is 10.5 Å². The third-order valence-corrected chi connectivity index (χ3v) is 4.57. The molecule has 0 spiro atoms. The number of rotatable bonds is 5. The maximum absolute atomic E-state index is 12.1. The predicted molar refractivity (Wildman–Crippen MR) is 83.2 cm³/mol. The molecule has 1 saturated heterocycles. The summed E-state index contributed by atoms with van der Waals surface area (Å²) in [6.45, 7) is 5.26. The van der Waals surface area contributed by atoms with Gasteiger partial charge in [-0.15, -0.1) is 24.2 Å².